The molecular weight excluding hydrogens is 246 g/mol. The van der Waals surface area contributed by atoms with Crippen LogP contribution in [-0.2, 0) is 16.1 Å². The van der Waals surface area contributed by atoms with Gasteiger partial charge in [-0.2, -0.15) is 0 Å². The van der Waals surface area contributed by atoms with E-state index in [1.807, 2.05) is 0 Å². The van der Waals surface area contributed by atoms with E-state index in [0.717, 1.165) is 6.42 Å². The number of nitrogens with two attached hydrogens (primary N) is 1. The van der Waals surface area contributed by atoms with Crippen molar-refractivity contribution < 1.29 is 14.0 Å². The summed E-state index contributed by atoms with van der Waals surface area (Å²) in [6.45, 7) is 2.57. The number of amides is 2. The lowest BCUT2D eigenvalue weighted by Gasteiger charge is -2.25. The van der Waals surface area contributed by atoms with Gasteiger partial charge in [-0.3, -0.25) is 9.59 Å². The fourth-order valence-corrected chi connectivity index (χ4v) is 2.27. The van der Waals surface area contributed by atoms with Crippen LogP contribution >= 0.6 is 0 Å². The number of likely N-dealkylation sites (tertiary alicyclic amines) is 1. The molecule has 6 nitrogen and oxygen atoms in total. The van der Waals surface area contributed by atoms with Crippen molar-refractivity contribution in [3.8, 4) is 0 Å². The first kappa shape index (κ1) is 13.6. The number of rotatable bonds is 4. The third-order valence-corrected chi connectivity index (χ3v) is 3.25. The van der Waals surface area contributed by atoms with E-state index in [0.29, 0.717) is 25.3 Å². The zero-order valence-corrected chi connectivity index (χ0v) is 11.0. The SMILES string of the molecule is CC(N)C(=O)N1CCCC1C(=O)NCc1ccco1. The lowest BCUT2D eigenvalue weighted by Crippen LogP contribution is -2.50. The average molecular weight is 265 g/mol. The number of carbonyl (C=O) groups excluding carboxylic acids is 2. The Bertz CT molecular complexity index is 442. The minimum absolute atomic E-state index is 0.150. The van der Waals surface area contributed by atoms with E-state index in [1.54, 1.807) is 30.2 Å². The highest BCUT2D eigenvalue weighted by atomic mass is 16.3. The molecule has 104 valence electrons. The van der Waals surface area contributed by atoms with E-state index in [4.69, 9.17) is 10.2 Å². The summed E-state index contributed by atoms with van der Waals surface area (Å²) in [6.07, 6.45) is 3.07. The Hall–Kier alpha value is -1.82. The second-order valence-corrected chi connectivity index (χ2v) is 4.78. The molecule has 3 N–H and O–H groups in total. The van der Waals surface area contributed by atoms with Crippen LogP contribution in [0.5, 0.6) is 0 Å². The summed E-state index contributed by atoms with van der Waals surface area (Å²) in [5.74, 6) is 0.370. The van der Waals surface area contributed by atoms with Gasteiger partial charge in [-0.05, 0) is 31.9 Å². The molecule has 1 aliphatic rings. The Labute approximate surface area is 111 Å². The molecule has 6 heteroatoms. The molecule has 1 aromatic heterocycles. The van der Waals surface area contributed by atoms with Crippen LogP contribution < -0.4 is 11.1 Å². The smallest absolute Gasteiger partial charge is 0.243 e. The predicted molar refractivity (Wildman–Crippen MR) is 68.9 cm³/mol. The van der Waals surface area contributed by atoms with E-state index in [2.05, 4.69) is 5.32 Å². The zero-order chi connectivity index (χ0) is 13.8. The van der Waals surface area contributed by atoms with E-state index in [-0.39, 0.29) is 11.8 Å². The third-order valence-electron chi connectivity index (χ3n) is 3.25. The van der Waals surface area contributed by atoms with Crippen LogP contribution in [0.4, 0.5) is 0 Å². The molecule has 2 rings (SSSR count). The Kier molecular flexibility index (Phi) is 4.21. The summed E-state index contributed by atoms with van der Waals surface area (Å²) in [7, 11) is 0. The van der Waals surface area contributed by atoms with Crippen molar-refractivity contribution in [1.82, 2.24) is 10.2 Å². The number of hydrogen-bond donors (Lipinski definition) is 2. The first-order chi connectivity index (χ1) is 9.09. The van der Waals surface area contributed by atoms with Crippen LogP contribution in [0.2, 0.25) is 0 Å². The van der Waals surface area contributed by atoms with Gasteiger partial charge in [0, 0.05) is 6.54 Å². The monoisotopic (exact) mass is 265 g/mol. The highest BCUT2D eigenvalue weighted by Gasteiger charge is 2.34. The van der Waals surface area contributed by atoms with Crippen LogP contribution in [0.25, 0.3) is 0 Å². The van der Waals surface area contributed by atoms with Gasteiger partial charge in [-0.1, -0.05) is 0 Å². The predicted octanol–water partition coefficient (Wildman–Crippen LogP) is 0.234. The highest BCUT2D eigenvalue weighted by Crippen LogP contribution is 2.18. The summed E-state index contributed by atoms with van der Waals surface area (Å²) in [5.41, 5.74) is 5.59. The van der Waals surface area contributed by atoms with Gasteiger partial charge in [-0.15, -0.1) is 0 Å². The summed E-state index contributed by atoms with van der Waals surface area (Å²) in [4.78, 5) is 25.6. The molecule has 1 fully saturated rings. The van der Waals surface area contributed by atoms with E-state index >= 15 is 0 Å². The Morgan fingerprint density at radius 1 is 1.63 bits per heavy atom. The van der Waals surface area contributed by atoms with Crippen molar-refractivity contribution in [2.24, 2.45) is 5.73 Å². The molecule has 2 atom stereocenters. The van der Waals surface area contributed by atoms with Crippen molar-refractivity contribution >= 4 is 11.8 Å². The van der Waals surface area contributed by atoms with Crippen molar-refractivity contribution in [2.75, 3.05) is 6.54 Å². The number of nitrogens with zero attached hydrogens (tertiary/aromatic N) is 1. The van der Waals surface area contributed by atoms with Crippen LogP contribution in [-0.4, -0.2) is 35.3 Å². The molecular formula is C13H19N3O3. The fraction of sp³-hybridized carbons (Fsp3) is 0.538. The van der Waals surface area contributed by atoms with Crippen molar-refractivity contribution in [3.05, 3.63) is 24.2 Å². The topological polar surface area (TPSA) is 88.6 Å². The molecule has 1 saturated heterocycles. The van der Waals surface area contributed by atoms with Crippen LogP contribution in [0.3, 0.4) is 0 Å². The molecule has 1 aromatic rings. The molecule has 1 aliphatic heterocycles. The molecule has 0 aromatic carbocycles. The maximum Gasteiger partial charge on any atom is 0.243 e. The summed E-state index contributed by atoms with van der Waals surface area (Å²) >= 11 is 0. The second-order valence-electron chi connectivity index (χ2n) is 4.78. The quantitative estimate of drug-likeness (QED) is 0.816. The standard InChI is InChI=1S/C13H19N3O3/c1-9(14)13(18)16-6-2-5-11(16)12(17)15-8-10-4-3-7-19-10/h3-4,7,9,11H,2,5-6,8,14H2,1H3,(H,15,17). The molecule has 2 heterocycles. The first-order valence-corrected chi connectivity index (χ1v) is 6.45. The largest absolute Gasteiger partial charge is 0.467 e. The van der Waals surface area contributed by atoms with Crippen LogP contribution in [0.1, 0.15) is 25.5 Å². The van der Waals surface area contributed by atoms with E-state index in [9.17, 15) is 9.59 Å². The number of hydrogen-bond acceptors (Lipinski definition) is 4. The molecule has 0 spiro atoms. The lowest BCUT2D eigenvalue weighted by molar-refractivity contribution is -0.139. The van der Waals surface area contributed by atoms with Gasteiger partial charge in [0.2, 0.25) is 11.8 Å². The Balaban J connectivity index is 1.92. The summed E-state index contributed by atoms with van der Waals surface area (Å²) < 4.78 is 5.14. The van der Waals surface area contributed by atoms with Crippen LogP contribution in [0.15, 0.2) is 22.8 Å². The molecule has 0 aliphatic carbocycles. The van der Waals surface area contributed by atoms with Gasteiger partial charge in [0.1, 0.15) is 11.8 Å². The van der Waals surface area contributed by atoms with Crippen molar-refractivity contribution in [2.45, 2.75) is 38.4 Å². The Morgan fingerprint density at radius 3 is 3.05 bits per heavy atom. The molecule has 0 bridgehead atoms. The van der Waals surface area contributed by atoms with Gasteiger partial charge < -0.3 is 20.4 Å². The van der Waals surface area contributed by atoms with Crippen molar-refractivity contribution in [1.29, 1.82) is 0 Å². The van der Waals surface area contributed by atoms with Gasteiger partial charge in [0.15, 0.2) is 0 Å². The maximum absolute atomic E-state index is 12.1. The van der Waals surface area contributed by atoms with Crippen molar-refractivity contribution in [3.63, 3.8) is 0 Å². The van der Waals surface area contributed by atoms with Gasteiger partial charge in [0.05, 0.1) is 18.8 Å². The maximum atomic E-state index is 12.1. The summed E-state index contributed by atoms with van der Waals surface area (Å²) in [6, 6.07) is 2.58. The van der Waals surface area contributed by atoms with Crippen LogP contribution in [0, 0.1) is 0 Å². The van der Waals surface area contributed by atoms with Gasteiger partial charge in [-0.25, -0.2) is 0 Å². The minimum Gasteiger partial charge on any atom is -0.467 e. The van der Waals surface area contributed by atoms with Gasteiger partial charge in [0.25, 0.3) is 0 Å². The zero-order valence-electron chi connectivity index (χ0n) is 11.0. The molecule has 2 amide bonds. The number of furan rings is 1. The van der Waals surface area contributed by atoms with E-state index < -0.39 is 12.1 Å². The normalized spacial score (nSPS) is 20.3. The lowest BCUT2D eigenvalue weighted by atomic mass is 10.2. The van der Waals surface area contributed by atoms with Gasteiger partial charge >= 0.3 is 0 Å². The molecule has 0 saturated carbocycles. The average Bonchev–Trinajstić information content (AvgIpc) is 3.05. The number of carbonyl (C=O) groups is 2. The molecule has 0 radical (unpaired) electrons. The fourth-order valence-electron chi connectivity index (χ4n) is 2.27. The molecule has 19 heavy (non-hydrogen) atoms. The first-order valence-electron chi connectivity index (χ1n) is 6.45. The summed E-state index contributed by atoms with van der Waals surface area (Å²) in [5, 5.41) is 2.78. The highest BCUT2D eigenvalue weighted by molar-refractivity contribution is 5.90. The third kappa shape index (κ3) is 3.14. The number of nitrogens with one attached hydrogen (secondary N) is 1. The minimum atomic E-state index is -0.571. The second kappa shape index (κ2) is 5.88. The molecule has 2 unspecified atom stereocenters. The Morgan fingerprint density at radius 2 is 2.42 bits per heavy atom. The van der Waals surface area contributed by atoms with E-state index in [1.165, 1.54) is 0 Å².